The van der Waals surface area contributed by atoms with E-state index in [0.29, 0.717) is 16.7 Å². The van der Waals surface area contributed by atoms with Crippen molar-refractivity contribution in [2.45, 2.75) is 109 Å². The number of aliphatic hydroxyl groups is 2. The summed E-state index contributed by atoms with van der Waals surface area (Å²) in [6.45, 7) is 10.5. The summed E-state index contributed by atoms with van der Waals surface area (Å²) in [5.74, 6) is -6.88. The Kier molecular flexibility index (Phi) is 11.8. The molecule has 3 aromatic rings. The number of amides is 1. The molecule has 2 unspecified atom stereocenters. The van der Waals surface area contributed by atoms with Crippen LogP contribution in [0.15, 0.2) is 102 Å². The van der Waals surface area contributed by atoms with Crippen molar-refractivity contribution < 1.29 is 62.7 Å². The first kappa shape index (κ1) is 44.4. The van der Waals surface area contributed by atoms with Gasteiger partial charge in [0.15, 0.2) is 11.7 Å². The van der Waals surface area contributed by atoms with E-state index in [9.17, 15) is 34.2 Å². The van der Waals surface area contributed by atoms with Crippen LogP contribution in [0, 0.1) is 22.7 Å². The van der Waals surface area contributed by atoms with Gasteiger partial charge in [0.05, 0.1) is 29.5 Å². The van der Waals surface area contributed by atoms with Crippen molar-refractivity contribution in [1.29, 1.82) is 0 Å². The summed E-state index contributed by atoms with van der Waals surface area (Å²) in [7, 11) is 0. The Balaban J connectivity index is 1.37. The van der Waals surface area contributed by atoms with Crippen LogP contribution >= 0.6 is 0 Å². The Hall–Kier alpha value is -5.70. The smallest absolute Gasteiger partial charge is 0.338 e. The number of ketones is 1. The van der Waals surface area contributed by atoms with Crippen molar-refractivity contribution in [2.24, 2.45) is 22.7 Å². The first-order valence-corrected chi connectivity index (χ1v) is 20.8. The van der Waals surface area contributed by atoms with Gasteiger partial charge in [-0.05, 0) is 54.8 Å². The topological polar surface area (TPSA) is 201 Å². The van der Waals surface area contributed by atoms with Crippen LogP contribution in [-0.2, 0) is 42.9 Å². The van der Waals surface area contributed by atoms with Gasteiger partial charge < -0.3 is 39.2 Å². The minimum absolute atomic E-state index is 0.0426. The molecule has 328 valence electrons. The monoisotopic (exact) mass is 851 g/mol. The fourth-order valence-electron chi connectivity index (χ4n) is 10.8. The predicted octanol–water partition coefficient (Wildman–Crippen LogP) is 5.01. The lowest BCUT2D eigenvalue weighted by Gasteiger charge is -2.67. The van der Waals surface area contributed by atoms with Gasteiger partial charge in [-0.1, -0.05) is 87.5 Å². The second-order valence-corrected chi connectivity index (χ2v) is 17.7. The van der Waals surface area contributed by atoms with Crippen LogP contribution in [0.5, 0.6) is 0 Å². The molecule has 0 spiro atoms. The number of hydrogen-bond acceptors (Lipinski definition) is 13. The molecule has 1 saturated heterocycles. The van der Waals surface area contributed by atoms with Crippen LogP contribution in [0.2, 0.25) is 0 Å². The molecule has 2 saturated carbocycles. The maximum Gasteiger partial charge on any atom is 0.338 e. The number of carbonyl (C=O) groups excluding carboxylic acids is 6. The third-order valence-electron chi connectivity index (χ3n) is 13.8. The third kappa shape index (κ3) is 7.31. The number of aliphatic hydroxyl groups excluding tert-OH is 1. The molecule has 3 aliphatic carbocycles. The zero-order chi connectivity index (χ0) is 44.9. The molecule has 14 nitrogen and oxygen atoms in total. The van der Waals surface area contributed by atoms with Crippen LogP contribution in [0.4, 0.5) is 0 Å². The van der Waals surface area contributed by atoms with Crippen molar-refractivity contribution >= 4 is 35.6 Å². The second kappa shape index (κ2) is 16.5. The van der Waals surface area contributed by atoms with E-state index >= 15 is 4.79 Å². The minimum atomic E-state index is -2.23. The molecule has 1 amide bonds. The molecule has 1 aliphatic heterocycles. The van der Waals surface area contributed by atoms with Gasteiger partial charge in [-0.25, -0.2) is 9.59 Å². The van der Waals surface area contributed by atoms with E-state index < -0.39 is 112 Å². The van der Waals surface area contributed by atoms with E-state index in [-0.39, 0.29) is 24.2 Å². The molecule has 62 heavy (non-hydrogen) atoms. The summed E-state index contributed by atoms with van der Waals surface area (Å²) in [5.41, 5.74) is -5.48. The highest BCUT2D eigenvalue weighted by Crippen LogP contribution is 2.65. The number of fused-ring (bicyclic) bond motifs is 5. The summed E-state index contributed by atoms with van der Waals surface area (Å²) >= 11 is 0. The molecule has 11 atom stereocenters. The lowest BCUT2D eigenvalue weighted by Crippen LogP contribution is -2.81. The number of Topliss-reactive ketones (excluding diaryl/α,β-unsaturated/α-hetero) is 1. The van der Waals surface area contributed by atoms with Crippen molar-refractivity contribution in [3.63, 3.8) is 0 Å². The fourth-order valence-corrected chi connectivity index (χ4v) is 10.8. The Morgan fingerprint density at radius 3 is 1.95 bits per heavy atom. The van der Waals surface area contributed by atoms with Crippen molar-refractivity contribution in [1.82, 2.24) is 5.32 Å². The minimum Gasteiger partial charge on any atom is -0.461 e. The van der Waals surface area contributed by atoms with Gasteiger partial charge in [0.1, 0.15) is 35.8 Å². The molecular weight excluding hydrogens is 799 g/mol. The Bertz CT molecular complexity index is 2280. The second-order valence-electron chi connectivity index (χ2n) is 17.7. The van der Waals surface area contributed by atoms with Crippen LogP contribution in [0.25, 0.3) is 0 Å². The van der Waals surface area contributed by atoms with Gasteiger partial charge in [-0.3, -0.25) is 19.2 Å². The van der Waals surface area contributed by atoms with Crippen molar-refractivity contribution in [3.05, 3.63) is 119 Å². The number of carbonyl (C=O) groups is 6. The molecule has 3 aromatic carbocycles. The predicted molar refractivity (Wildman–Crippen MR) is 221 cm³/mol. The molecule has 3 fully saturated rings. The number of hydrogen-bond donors (Lipinski definition) is 3. The van der Waals surface area contributed by atoms with Gasteiger partial charge in [-0.15, -0.1) is 0 Å². The molecule has 3 N–H and O–H groups in total. The van der Waals surface area contributed by atoms with Gasteiger partial charge >= 0.3 is 23.9 Å². The standard InChI is InChI=1S/C48H53NO13/c1-26-33(60-44(56)38(52)37(30-17-11-8-12-18-30)49-42(54)31-19-13-9-14-20-31)24-48(57)41(61-43(55)32-21-15-10-16-22-32)39-46(7,40(53)27(2)36(26)45(48,5)6)34(59-28(3)50)23-35-47(39,25-58-35)62-29(4)51/h8-22,27,33-35,37-39,41,52,57H,23-25H2,1-7H3,(H,49,54)/t27-,33+,34+,35-,37+,38-,39?,41?,46-,47+,48-/m1/s1. The highest BCUT2D eigenvalue weighted by atomic mass is 16.6. The van der Waals surface area contributed by atoms with E-state index in [1.807, 2.05) is 0 Å². The van der Waals surface area contributed by atoms with E-state index in [1.165, 1.54) is 26.0 Å². The highest BCUT2D eigenvalue weighted by molar-refractivity contribution is 5.95. The molecule has 7 rings (SSSR count). The average Bonchev–Trinajstić information content (AvgIpc) is 3.24. The van der Waals surface area contributed by atoms with Crippen LogP contribution < -0.4 is 5.32 Å². The average molecular weight is 852 g/mol. The Labute approximate surface area is 359 Å². The number of benzene rings is 3. The zero-order valence-electron chi connectivity index (χ0n) is 35.8. The largest absolute Gasteiger partial charge is 0.461 e. The molecule has 14 heteroatoms. The van der Waals surface area contributed by atoms with Gasteiger partial charge in [0, 0.05) is 43.6 Å². The molecule has 0 radical (unpaired) electrons. The Morgan fingerprint density at radius 1 is 0.823 bits per heavy atom. The van der Waals surface area contributed by atoms with Crippen LogP contribution in [0.1, 0.15) is 93.6 Å². The molecular formula is C48H53NO13. The summed E-state index contributed by atoms with van der Waals surface area (Å²) in [6.07, 6.45) is -7.59. The quantitative estimate of drug-likeness (QED) is 0.140. The third-order valence-corrected chi connectivity index (χ3v) is 13.8. The lowest BCUT2D eigenvalue weighted by molar-refractivity contribution is -0.345. The van der Waals surface area contributed by atoms with Crippen LogP contribution in [-0.4, -0.2) is 94.1 Å². The summed E-state index contributed by atoms with van der Waals surface area (Å²) in [5, 5.41) is 28.3. The Morgan fingerprint density at radius 2 is 1.40 bits per heavy atom. The van der Waals surface area contributed by atoms with Crippen molar-refractivity contribution in [3.8, 4) is 0 Å². The molecule has 2 bridgehead atoms. The van der Waals surface area contributed by atoms with E-state index in [4.69, 9.17) is 23.7 Å². The number of ether oxygens (including phenoxy) is 5. The first-order valence-electron chi connectivity index (χ1n) is 20.8. The van der Waals surface area contributed by atoms with E-state index in [2.05, 4.69) is 5.32 Å². The SMILES string of the molecule is CC(=O)O[C@H]1C[C@H]2OC[C@@]2(OC(C)=O)C2C(OC(=O)c3ccccc3)[C@]3(O)C[C@H](OC(=O)[C@H](O)[C@@H](NC(=O)c4ccccc4)c4ccccc4)C(C)=C([C@@H](C)C(=O)[C@@]21C)C3(C)C. The molecule has 4 aliphatic rings. The lowest BCUT2D eigenvalue weighted by atomic mass is 9.43. The van der Waals surface area contributed by atoms with E-state index in [1.54, 1.807) is 113 Å². The maximum absolute atomic E-state index is 15.6. The summed E-state index contributed by atoms with van der Waals surface area (Å²) in [4.78, 5) is 83.5. The highest BCUT2D eigenvalue weighted by Gasteiger charge is 2.78. The van der Waals surface area contributed by atoms with Crippen molar-refractivity contribution in [2.75, 3.05) is 6.61 Å². The van der Waals surface area contributed by atoms with Gasteiger partial charge in [-0.2, -0.15) is 0 Å². The molecule has 0 aromatic heterocycles. The summed E-state index contributed by atoms with van der Waals surface area (Å²) < 4.78 is 30.8. The molecule has 1 heterocycles. The van der Waals surface area contributed by atoms with Gasteiger partial charge in [0.2, 0.25) is 0 Å². The number of rotatable bonds is 10. The number of esters is 4. The maximum atomic E-state index is 15.6. The van der Waals surface area contributed by atoms with Crippen LogP contribution in [0.3, 0.4) is 0 Å². The summed E-state index contributed by atoms with van der Waals surface area (Å²) in [6, 6.07) is 23.4. The first-order chi connectivity index (χ1) is 29.3. The van der Waals surface area contributed by atoms with E-state index in [0.717, 1.165) is 0 Å². The fraction of sp³-hybridized carbons (Fsp3) is 0.458. The number of nitrogens with one attached hydrogen (secondary N) is 1. The van der Waals surface area contributed by atoms with Gasteiger partial charge in [0.25, 0.3) is 5.91 Å². The zero-order valence-corrected chi connectivity index (χ0v) is 35.8. The normalized spacial score (nSPS) is 31.9.